The summed E-state index contributed by atoms with van der Waals surface area (Å²) in [6.45, 7) is 13.2. The topological polar surface area (TPSA) is 34.1 Å². The second-order valence-electron chi connectivity index (χ2n) is 5.89. The maximum Gasteiger partial charge on any atom is 0.148 e. The minimum Gasteiger partial charge on any atom is -0.299 e. The van der Waals surface area contributed by atoms with E-state index in [1.165, 1.54) is 0 Å². The molecule has 0 saturated carbocycles. The highest BCUT2D eigenvalue weighted by Crippen LogP contribution is 2.27. The Bertz CT molecular complexity index is 302. The van der Waals surface area contributed by atoms with E-state index in [0.717, 1.165) is 19.3 Å². The zero-order valence-corrected chi connectivity index (χ0v) is 12.6. The van der Waals surface area contributed by atoms with Crippen LogP contribution >= 0.6 is 0 Å². The van der Waals surface area contributed by atoms with Crippen LogP contribution in [-0.2, 0) is 9.59 Å². The van der Waals surface area contributed by atoms with E-state index in [2.05, 4.69) is 13.5 Å². The molecule has 2 unspecified atom stereocenters. The Labute approximate surface area is 112 Å². The van der Waals surface area contributed by atoms with Gasteiger partial charge in [-0.05, 0) is 39.0 Å². The Morgan fingerprint density at radius 1 is 1.28 bits per heavy atom. The maximum atomic E-state index is 12.2. The van der Waals surface area contributed by atoms with Crippen molar-refractivity contribution in [1.82, 2.24) is 0 Å². The molecule has 0 fully saturated rings. The largest absolute Gasteiger partial charge is 0.299 e. The Morgan fingerprint density at radius 2 is 1.83 bits per heavy atom. The second kappa shape index (κ2) is 7.50. The predicted molar refractivity (Wildman–Crippen MR) is 76.5 cm³/mol. The van der Waals surface area contributed by atoms with Gasteiger partial charge < -0.3 is 0 Å². The average Bonchev–Trinajstić information content (AvgIpc) is 2.34. The maximum absolute atomic E-state index is 12.2. The van der Waals surface area contributed by atoms with Crippen LogP contribution in [-0.4, -0.2) is 11.6 Å². The minimum atomic E-state index is -0.830. The molecule has 0 heterocycles. The zero-order valence-electron chi connectivity index (χ0n) is 12.6. The Morgan fingerprint density at radius 3 is 2.28 bits per heavy atom. The summed E-state index contributed by atoms with van der Waals surface area (Å²) >= 11 is 0. The van der Waals surface area contributed by atoms with Crippen LogP contribution in [0.25, 0.3) is 0 Å². The van der Waals surface area contributed by atoms with Gasteiger partial charge in [-0.25, -0.2) is 0 Å². The lowest BCUT2D eigenvalue weighted by molar-refractivity contribution is -0.141. The van der Waals surface area contributed by atoms with Gasteiger partial charge in [0.1, 0.15) is 11.6 Å². The first-order valence-electron chi connectivity index (χ1n) is 6.95. The number of Topliss-reactive ketones (excluding diaryl/α,β-unsaturated/α-hetero) is 2. The highest BCUT2D eigenvalue weighted by atomic mass is 16.2. The number of allylic oxidation sites excluding steroid dienone is 1. The van der Waals surface area contributed by atoms with Crippen LogP contribution in [0.4, 0.5) is 0 Å². The van der Waals surface area contributed by atoms with Crippen LogP contribution in [0.2, 0.25) is 0 Å². The molecule has 0 amide bonds. The van der Waals surface area contributed by atoms with Crippen LogP contribution in [0.15, 0.2) is 12.7 Å². The minimum absolute atomic E-state index is 0.0328. The number of rotatable bonds is 9. The summed E-state index contributed by atoms with van der Waals surface area (Å²) in [6.07, 6.45) is 4.92. The van der Waals surface area contributed by atoms with Crippen molar-refractivity contribution in [2.24, 2.45) is 17.3 Å². The average molecular weight is 252 g/mol. The third-order valence-corrected chi connectivity index (χ3v) is 3.81. The van der Waals surface area contributed by atoms with Gasteiger partial charge >= 0.3 is 0 Å². The molecule has 0 saturated heterocycles. The number of ketones is 2. The van der Waals surface area contributed by atoms with Crippen LogP contribution < -0.4 is 0 Å². The molecule has 2 nitrogen and oxygen atoms in total. The Balaban J connectivity index is 4.47. The summed E-state index contributed by atoms with van der Waals surface area (Å²) < 4.78 is 0. The molecule has 18 heavy (non-hydrogen) atoms. The molecule has 0 spiro atoms. The third kappa shape index (κ3) is 4.75. The van der Waals surface area contributed by atoms with E-state index in [1.54, 1.807) is 13.8 Å². The van der Waals surface area contributed by atoms with Crippen LogP contribution in [0, 0.1) is 17.3 Å². The summed E-state index contributed by atoms with van der Waals surface area (Å²) in [5, 5.41) is 0. The van der Waals surface area contributed by atoms with Gasteiger partial charge in [0.25, 0.3) is 0 Å². The van der Waals surface area contributed by atoms with E-state index in [-0.39, 0.29) is 17.5 Å². The SMILES string of the molecule is C=CCC(C)CCC(=O)C(C)(C)C(=O)C(C)CC. The Kier molecular flexibility index (Phi) is 7.12. The normalized spacial score (nSPS) is 14.9. The zero-order chi connectivity index (χ0) is 14.3. The first-order valence-corrected chi connectivity index (χ1v) is 6.95. The van der Waals surface area contributed by atoms with Crippen molar-refractivity contribution < 1.29 is 9.59 Å². The van der Waals surface area contributed by atoms with E-state index < -0.39 is 5.41 Å². The van der Waals surface area contributed by atoms with Gasteiger partial charge in [-0.2, -0.15) is 0 Å². The summed E-state index contributed by atoms with van der Waals surface area (Å²) in [7, 11) is 0. The highest BCUT2D eigenvalue weighted by molar-refractivity contribution is 6.06. The summed E-state index contributed by atoms with van der Waals surface area (Å²) in [5.74, 6) is 0.575. The number of hydrogen-bond donors (Lipinski definition) is 0. The molecule has 2 heteroatoms. The molecule has 0 aromatic carbocycles. The molecule has 0 aliphatic rings. The van der Waals surface area contributed by atoms with Crippen LogP contribution in [0.5, 0.6) is 0 Å². The third-order valence-electron chi connectivity index (χ3n) is 3.81. The lowest BCUT2D eigenvalue weighted by Gasteiger charge is -2.25. The van der Waals surface area contributed by atoms with Gasteiger partial charge in [0.2, 0.25) is 0 Å². The van der Waals surface area contributed by atoms with Crippen molar-refractivity contribution >= 4 is 11.6 Å². The van der Waals surface area contributed by atoms with Crippen molar-refractivity contribution in [3.63, 3.8) is 0 Å². The fourth-order valence-electron chi connectivity index (χ4n) is 2.03. The standard InChI is InChI=1S/C16H28O2/c1-7-9-12(3)10-11-14(17)16(5,6)15(18)13(4)8-2/h7,12-13H,1,8-11H2,2-6H3. The molecule has 2 atom stereocenters. The molecule has 0 aliphatic carbocycles. The molecule has 0 aromatic rings. The van der Waals surface area contributed by atoms with Gasteiger partial charge in [0, 0.05) is 12.3 Å². The molecule has 0 radical (unpaired) electrons. The summed E-state index contributed by atoms with van der Waals surface area (Å²) in [5.41, 5.74) is -0.830. The lowest BCUT2D eigenvalue weighted by Crippen LogP contribution is -2.37. The quantitative estimate of drug-likeness (QED) is 0.455. The fourth-order valence-corrected chi connectivity index (χ4v) is 2.03. The second-order valence-corrected chi connectivity index (χ2v) is 5.89. The predicted octanol–water partition coefficient (Wildman–Crippen LogP) is 4.19. The smallest absolute Gasteiger partial charge is 0.148 e. The van der Waals surface area contributed by atoms with E-state index in [9.17, 15) is 9.59 Å². The molecule has 0 N–H and O–H groups in total. The van der Waals surface area contributed by atoms with E-state index >= 15 is 0 Å². The molecule has 0 aliphatic heterocycles. The Hall–Kier alpha value is -0.920. The van der Waals surface area contributed by atoms with Crippen LogP contribution in [0.1, 0.15) is 60.3 Å². The molecular formula is C16H28O2. The number of carbonyl (C=O) groups excluding carboxylic acids is 2. The first-order chi connectivity index (χ1) is 8.27. The van der Waals surface area contributed by atoms with E-state index in [0.29, 0.717) is 12.3 Å². The lowest BCUT2D eigenvalue weighted by atomic mass is 9.76. The summed E-state index contributed by atoms with van der Waals surface area (Å²) in [4.78, 5) is 24.4. The van der Waals surface area contributed by atoms with Gasteiger partial charge in [-0.15, -0.1) is 6.58 Å². The molecule has 104 valence electrons. The summed E-state index contributed by atoms with van der Waals surface area (Å²) in [6, 6.07) is 0. The van der Waals surface area contributed by atoms with E-state index in [4.69, 9.17) is 0 Å². The van der Waals surface area contributed by atoms with E-state index in [1.807, 2.05) is 19.9 Å². The fraction of sp³-hybridized carbons (Fsp3) is 0.750. The van der Waals surface area contributed by atoms with Crippen molar-refractivity contribution in [2.75, 3.05) is 0 Å². The first kappa shape index (κ1) is 17.1. The highest BCUT2D eigenvalue weighted by Gasteiger charge is 2.36. The monoisotopic (exact) mass is 252 g/mol. The van der Waals surface area contributed by atoms with Gasteiger partial charge in [0.05, 0.1) is 5.41 Å². The van der Waals surface area contributed by atoms with Crippen molar-refractivity contribution in [3.05, 3.63) is 12.7 Å². The van der Waals surface area contributed by atoms with Gasteiger partial charge in [-0.1, -0.05) is 26.8 Å². The van der Waals surface area contributed by atoms with Crippen molar-refractivity contribution in [2.45, 2.75) is 60.3 Å². The van der Waals surface area contributed by atoms with Crippen molar-refractivity contribution in [1.29, 1.82) is 0 Å². The molecule has 0 aromatic heterocycles. The van der Waals surface area contributed by atoms with Crippen molar-refractivity contribution in [3.8, 4) is 0 Å². The molecule has 0 bridgehead atoms. The molecule has 0 rings (SSSR count). The molecular weight excluding hydrogens is 224 g/mol. The van der Waals surface area contributed by atoms with Gasteiger partial charge in [-0.3, -0.25) is 9.59 Å². The number of carbonyl (C=O) groups is 2. The van der Waals surface area contributed by atoms with Crippen LogP contribution in [0.3, 0.4) is 0 Å². The van der Waals surface area contributed by atoms with Gasteiger partial charge in [0.15, 0.2) is 0 Å². The number of hydrogen-bond acceptors (Lipinski definition) is 2.